The Kier molecular flexibility index (Phi) is 5.63. The van der Waals surface area contributed by atoms with Crippen molar-refractivity contribution in [1.82, 2.24) is 4.90 Å². The number of nitrogens with zero attached hydrogens (tertiary/aromatic N) is 1. The van der Waals surface area contributed by atoms with E-state index in [0.717, 1.165) is 24.9 Å². The molecule has 1 aliphatic heterocycles. The standard InChI is InChI=1S/C14H20N2O.ClH/c1-11(12-6-3-2-4-7-12)14(17)16-9-5-8-13(16)10-15;/h2-4,6-7,11,13H,5,8-10,15H2,1H3;1H. The molecule has 100 valence electrons. The van der Waals surface area contributed by atoms with Gasteiger partial charge in [0.25, 0.3) is 0 Å². The van der Waals surface area contributed by atoms with Crippen LogP contribution in [0, 0.1) is 0 Å². The number of carbonyl (C=O) groups excluding carboxylic acids is 1. The molecule has 1 heterocycles. The molecule has 1 aromatic rings. The first-order valence-electron chi connectivity index (χ1n) is 6.29. The first-order valence-corrected chi connectivity index (χ1v) is 6.29. The van der Waals surface area contributed by atoms with Crippen LogP contribution in [0.15, 0.2) is 30.3 Å². The normalized spacial score (nSPS) is 20.3. The Labute approximate surface area is 115 Å². The van der Waals surface area contributed by atoms with Gasteiger partial charge in [0, 0.05) is 19.1 Å². The van der Waals surface area contributed by atoms with Crippen molar-refractivity contribution < 1.29 is 4.79 Å². The fraction of sp³-hybridized carbons (Fsp3) is 0.500. The highest BCUT2D eigenvalue weighted by Crippen LogP contribution is 2.23. The fourth-order valence-electron chi connectivity index (χ4n) is 2.50. The Morgan fingerprint density at radius 3 is 2.72 bits per heavy atom. The summed E-state index contributed by atoms with van der Waals surface area (Å²) in [4.78, 5) is 14.3. The molecule has 1 amide bonds. The number of amides is 1. The molecular formula is C14H21ClN2O. The summed E-state index contributed by atoms with van der Waals surface area (Å²) in [6, 6.07) is 10.2. The molecule has 1 saturated heterocycles. The van der Waals surface area contributed by atoms with Gasteiger partial charge in [-0.1, -0.05) is 30.3 Å². The van der Waals surface area contributed by atoms with Crippen LogP contribution in [0.25, 0.3) is 0 Å². The highest BCUT2D eigenvalue weighted by Gasteiger charge is 2.30. The van der Waals surface area contributed by atoms with Crippen LogP contribution in [-0.4, -0.2) is 29.9 Å². The van der Waals surface area contributed by atoms with Gasteiger partial charge in [0.05, 0.1) is 5.92 Å². The summed E-state index contributed by atoms with van der Waals surface area (Å²) in [5.41, 5.74) is 6.79. The molecule has 4 heteroatoms. The molecule has 3 nitrogen and oxygen atoms in total. The number of nitrogens with two attached hydrogens (primary N) is 1. The van der Waals surface area contributed by atoms with Crippen molar-refractivity contribution in [3.05, 3.63) is 35.9 Å². The average Bonchev–Trinajstić information content (AvgIpc) is 2.86. The lowest BCUT2D eigenvalue weighted by Gasteiger charge is -2.26. The van der Waals surface area contributed by atoms with Gasteiger partial charge < -0.3 is 10.6 Å². The Balaban J connectivity index is 0.00000162. The van der Waals surface area contributed by atoms with Crippen molar-refractivity contribution in [2.75, 3.05) is 13.1 Å². The van der Waals surface area contributed by atoms with Gasteiger partial charge in [-0.15, -0.1) is 12.4 Å². The Morgan fingerprint density at radius 2 is 2.11 bits per heavy atom. The van der Waals surface area contributed by atoms with Crippen molar-refractivity contribution in [3.8, 4) is 0 Å². The minimum atomic E-state index is -0.0663. The van der Waals surface area contributed by atoms with Crippen molar-refractivity contribution in [1.29, 1.82) is 0 Å². The summed E-state index contributed by atoms with van der Waals surface area (Å²) < 4.78 is 0. The largest absolute Gasteiger partial charge is 0.338 e. The number of halogens is 1. The van der Waals surface area contributed by atoms with E-state index in [1.807, 2.05) is 42.2 Å². The molecule has 1 aromatic carbocycles. The summed E-state index contributed by atoms with van der Waals surface area (Å²) >= 11 is 0. The Bertz CT molecular complexity index is 383. The van der Waals surface area contributed by atoms with Crippen LogP contribution in [0.1, 0.15) is 31.2 Å². The molecule has 1 fully saturated rings. The quantitative estimate of drug-likeness (QED) is 0.913. The van der Waals surface area contributed by atoms with E-state index in [2.05, 4.69) is 0 Å². The summed E-state index contributed by atoms with van der Waals surface area (Å²) in [6.07, 6.45) is 2.12. The average molecular weight is 269 g/mol. The fourth-order valence-corrected chi connectivity index (χ4v) is 2.50. The van der Waals surface area contributed by atoms with Crippen molar-refractivity contribution in [2.24, 2.45) is 5.73 Å². The molecule has 1 aliphatic rings. The molecule has 2 atom stereocenters. The zero-order chi connectivity index (χ0) is 12.3. The number of rotatable bonds is 3. The molecule has 0 aliphatic carbocycles. The SMILES string of the molecule is CC(C(=O)N1CCCC1CN)c1ccccc1.Cl. The molecule has 0 aromatic heterocycles. The van der Waals surface area contributed by atoms with E-state index in [1.165, 1.54) is 0 Å². The van der Waals surface area contributed by atoms with Crippen molar-refractivity contribution in [3.63, 3.8) is 0 Å². The van der Waals surface area contributed by atoms with Crippen LogP contribution in [0.5, 0.6) is 0 Å². The highest BCUT2D eigenvalue weighted by molar-refractivity contribution is 5.85. The van der Waals surface area contributed by atoms with Gasteiger partial charge in [-0.05, 0) is 25.3 Å². The van der Waals surface area contributed by atoms with Crippen LogP contribution in [-0.2, 0) is 4.79 Å². The van der Waals surface area contributed by atoms with Crippen LogP contribution in [0.4, 0.5) is 0 Å². The Hall–Kier alpha value is -1.06. The van der Waals surface area contributed by atoms with Crippen LogP contribution < -0.4 is 5.73 Å². The van der Waals surface area contributed by atoms with E-state index in [1.54, 1.807) is 0 Å². The van der Waals surface area contributed by atoms with Crippen molar-refractivity contribution >= 4 is 18.3 Å². The van der Waals surface area contributed by atoms with Gasteiger partial charge >= 0.3 is 0 Å². The maximum absolute atomic E-state index is 12.4. The second kappa shape index (κ2) is 6.76. The van der Waals surface area contributed by atoms with E-state index in [0.29, 0.717) is 6.54 Å². The number of hydrogen-bond acceptors (Lipinski definition) is 2. The maximum Gasteiger partial charge on any atom is 0.230 e. The minimum absolute atomic E-state index is 0. The van der Waals surface area contributed by atoms with Gasteiger partial charge in [0.2, 0.25) is 5.91 Å². The summed E-state index contributed by atoms with van der Waals surface area (Å²) in [7, 11) is 0. The monoisotopic (exact) mass is 268 g/mol. The lowest BCUT2D eigenvalue weighted by molar-refractivity contribution is -0.133. The molecule has 0 radical (unpaired) electrons. The molecule has 0 bridgehead atoms. The van der Waals surface area contributed by atoms with Crippen LogP contribution >= 0.6 is 12.4 Å². The highest BCUT2D eigenvalue weighted by atomic mass is 35.5. The lowest BCUT2D eigenvalue weighted by atomic mass is 9.99. The first kappa shape index (κ1) is 15.0. The minimum Gasteiger partial charge on any atom is -0.338 e. The van der Waals surface area contributed by atoms with E-state index in [9.17, 15) is 4.79 Å². The molecule has 2 rings (SSSR count). The zero-order valence-corrected chi connectivity index (χ0v) is 11.5. The smallest absolute Gasteiger partial charge is 0.230 e. The number of hydrogen-bond donors (Lipinski definition) is 1. The summed E-state index contributed by atoms with van der Waals surface area (Å²) in [6.45, 7) is 3.41. The van der Waals surface area contributed by atoms with E-state index < -0.39 is 0 Å². The van der Waals surface area contributed by atoms with Gasteiger partial charge in [0.15, 0.2) is 0 Å². The van der Waals surface area contributed by atoms with E-state index in [4.69, 9.17) is 5.73 Å². The number of likely N-dealkylation sites (tertiary alicyclic amines) is 1. The molecule has 2 N–H and O–H groups in total. The zero-order valence-electron chi connectivity index (χ0n) is 10.7. The predicted molar refractivity (Wildman–Crippen MR) is 75.9 cm³/mol. The third-order valence-electron chi connectivity index (χ3n) is 3.60. The van der Waals surface area contributed by atoms with Gasteiger partial charge in [-0.25, -0.2) is 0 Å². The van der Waals surface area contributed by atoms with Crippen LogP contribution in [0.3, 0.4) is 0 Å². The second-order valence-corrected chi connectivity index (χ2v) is 4.70. The molecular weight excluding hydrogens is 248 g/mol. The molecule has 18 heavy (non-hydrogen) atoms. The van der Waals surface area contributed by atoms with E-state index in [-0.39, 0.29) is 30.3 Å². The lowest BCUT2D eigenvalue weighted by Crippen LogP contribution is -2.41. The van der Waals surface area contributed by atoms with Crippen LogP contribution in [0.2, 0.25) is 0 Å². The summed E-state index contributed by atoms with van der Waals surface area (Å²) in [5.74, 6) is 0.146. The van der Waals surface area contributed by atoms with Gasteiger partial charge in [-0.3, -0.25) is 4.79 Å². The molecule has 0 spiro atoms. The van der Waals surface area contributed by atoms with Gasteiger partial charge in [0.1, 0.15) is 0 Å². The van der Waals surface area contributed by atoms with E-state index >= 15 is 0 Å². The first-order chi connectivity index (χ1) is 8.24. The predicted octanol–water partition coefficient (Wildman–Crippen LogP) is 2.16. The van der Waals surface area contributed by atoms with Crippen molar-refractivity contribution in [2.45, 2.75) is 31.7 Å². The Morgan fingerprint density at radius 1 is 1.44 bits per heavy atom. The number of benzene rings is 1. The third-order valence-corrected chi connectivity index (χ3v) is 3.60. The molecule has 0 saturated carbocycles. The van der Waals surface area contributed by atoms with Gasteiger partial charge in [-0.2, -0.15) is 0 Å². The number of carbonyl (C=O) groups is 1. The topological polar surface area (TPSA) is 46.3 Å². The third kappa shape index (κ3) is 3.03. The maximum atomic E-state index is 12.4. The molecule has 2 unspecified atom stereocenters. The summed E-state index contributed by atoms with van der Waals surface area (Å²) in [5, 5.41) is 0. The second-order valence-electron chi connectivity index (χ2n) is 4.70.